The lowest BCUT2D eigenvalue weighted by molar-refractivity contribution is 0.125. The van der Waals surface area contributed by atoms with Crippen molar-refractivity contribution in [3.05, 3.63) is 0 Å². The second-order valence-electron chi connectivity index (χ2n) is 11.6. The molecule has 38 heavy (non-hydrogen) atoms. The van der Waals surface area contributed by atoms with Crippen LogP contribution in [0.5, 0.6) is 0 Å². The molecule has 0 bridgehead atoms. The maximum Gasteiger partial charge on any atom is 0.0466 e. The Bertz CT molecular complexity index is 325. The third-order valence-electron chi connectivity index (χ3n) is 7.69. The van der Waals surface area contributed by atoms with Crippen LogP contribution in [-0.4, -0.2) is 26.4 Å². The number of hydrogen-bond acceptors (Lipinski definition) is 2. The van der Waals surface area contributed by atoms with Gasteiger partial charge >= 0.3 is 0 Å². The molecule has 0 saturated heterocycles. The molecule has 0 aromatic rings. The maximum atomic E-state index is 5.85. The van der Waals surface area contributed by atoms with Crippen LogP contribution in [0.25, 0.3) is 0 Å². The summed E-state index contributed by atoms with van der Waals surface area (Å²) >= 11 is 0. The second kappa shape index (κ2) is 41.4. The average molecular weight is 541 g/mol. The minimum atomic E-state index is 0.844. The molecular formula is C36H76O2. The summed E-state index contributed by atoms with van der Waals surface area (Å²) in [6.07, 6.45) is 40.1. The zero-order valence-corrected chi connectivity index (χ0v) is 27.4. The van der Waals surface area contributed by atoms with Crippen molar-refractivity contribution in [3.8, 4) is 0 Å². The molecule has 0 aliphatic carbocycles. The van der Waals surface area contributed by atoms with Gasteiger partial charge in [-0.25, -0.2) is 0 Å². The number of unbranched alkanes of at least 4 members (excludes halogenated alkanes) is 26. The highest BCUT2D eigenvalue weighted by atomic mass is 16.5. The van der Waals surface area contributed by atoms with E-state index in [4.69, 9.17) is 9.47 Å². The fourth-order valence-electron chi connectivity index (χ4n) is 5.10. The van der Waals surface area contributed by atoms with Gasteiger partial charge in [0.25, 0.3) is 0 Å². The van der Waals surface area contributed by atoms with Gasteiger partial charge in [-0.1, -0.05) is 181 Å². The lowest BCUT2D eigenvalue weighted by Crippen LogP contribution is -1.97. The summed E-state index contributed by atoms with van der Waals surface area (Å²) < 4.78 is 10.7. The Morgan fingerprint density at radius 3 is 0.632 bits per heavy atom. The van der Waals surface area contributed by atoms with Gasteiger partial charge in [-0.15, -0.1) is 0 Å². The minimum Gasteiger partial charge on any atom is -0.382 e. The van der Waals surface area contributed by atoms with Crippen molar-refractivity contribution >= 4 is 0 Å². The first-order chi connectivity index (χ1) is 18.8. The fraction of sp³-hybridized carbons (Fsp3) is 1.00. The van der Waals surface area contributed by atoms with E-state index in [0.717, 1.165) is 26.4 Å². The van der Waals surface area contributed by atoms with E-state index in [1.54, 1.807) is 0 Å². The minimum absolute atomic E-state index is 0.844. The topological polar surface area (TPSA) is 18.5 Å². The van der Waals surface area contributed by atoms with Gasteiger partial charge in [0.1, 0.15) is 0 Å². The molecule has 0 fully saturated rings. The summed E-state index contributed by atoms with van der Waals surface area (Å²) in [5.41, 5.74) is 0. The molecule has 0 aliphatic heterocycles. The molecule has 0 saturated carbocycles. The Morgan fingerprint density at radius 2 is 0.447 bits per heavy atom. The average Bonchev–Trinajstić information content (AvgIpc) is 2.93. The van der Waals surface area contributed by atoms with Crippen LogP contribution >= 0.6 is 0 Å². The lowest BCUT2D eigenvalue weighted by Gasteiger charge is -2.05. The lowest BCUT2D eigenvalue weighted by atomic mass is 10.0. The van der Waals surface area contributed by atoms with Crippen molar-refractivity contribution in [2.24, 2.45) is 0 Å². The highest BCUT2D eigenvalue weighted by Crippen LogP contribution is 2.14. The Labute approximate surface area is 243 Å². The summed E-state index contributed by atoms with van der Waals surface area (Å²) in [7, 11) is 0. The number of rotatable bonds is 32. The highest BCUT2D eigenvalue weighted by Gasteiger charge is 1.96. The van der Waals surface area contributed by atoms with Crippen molar-refractivity contribution < 1.29 is 9.47 Å². The zero-order chi connectivity index (χ0) is 28.0. The predicted molar refractivity (Wildman–Crippen MR) is 174 cm³/mol. The quantitative estimate of drug-likeness (QED) is 0.0790. The molecule has 0 rings (SSSR count). The van der Waals surface area contributed by atoms with Crippen molar-refractivity contribution in [2.45, 2.75) is 207 Å². The predicted octanol–water partition coefficient (Wildman–Crippen LogP) is 13.0. The summed E-state index contributed by atoms with van der Waals surface area (Å²) in [5.74, 6) is 0. The molecule has 0 unspecified atom stereocenters. The van der Waals surface area contributed by atoms with Crippen LogP contribution in [0.3, 0.4) is 0 Å². The van der Waals surface area contributed by atoms with Gasteiger partial charge in [0.05, 0.1) is 0 Å². The largest absolute Gasteiger partial charge is 0.382 e. The van der Waals surface area contributed by atoms with Crippen LogP contribution in [0, 0.1) is 0 Å². The van der Waals surface area contributed by atoms with Crippen molar-refractivity contribution in [1.29, 1.82) is 0 Å². The Morgan fingerprint density at radius 1 is 0.237 bits per heavy atom. The second-order valence-corrected chi connectivity index (χ2v) is 11.6. The number of ether oxygens (including phenoxy) is 2. The Balaban J connectivity index is 0. The van der Waals surface area contributed by atoms with Gasteiger partial charge in [0.15, 0.2) is 0 Å². The molecule has 0 aromatic carbocycles. The standard InChI is InChI=1S/C32H66O.C4H10O/c1-3-5-7-9-11-13-15-17-19-21-23-25-27-29-31-33-32-30-28-26-24-22-20-18-16-14-12-10-8-6-4-2;1-3-5-4-2/h3-32H2,1-2H3;3-4H2,1-2H3. The van der Waals surface area contributed by atoms with Gasteiger partial charge in [0.2, 0.25) is 0 Å². The van der Waals surface area contributed by atoms with E-state index >= 15 is 0 Å². The van der Waals surface area contributed by atoms with E-state index in [2.05, 4.69) is 13.8 Å². The van der Waals surface area contributed by atoms with Gasteiger partial charge in [-0.05, 0) is 26.7 Å². The van der Waals surface area contributed by atoms with Gasteiger partial charge in [-0.2, -0.15) is 0 Å². The van der Waals surface area contributed by atoms with Crippen LogP contribution in [0.15, 0.2) is 0 Å². The van der Waals surface area contributed by atoms with E-state index in [0.29, 0.717) is 0 Å². The van der Waals surface area contributed by atoms with E-state index in [-0.39, 0.29) is 0 Å². The summed E-state index contributed by atoms with van der Waals surface area (Å²) in [6.45, 7) is 12.3. The Kier molecular flexibility index (Phi) is 43.6. The molecule has 0 aliphatic rings. The van der Waals surface area contributed by atoms with E-state index < -0.39 is 0 Å². The first-order valence-electron chi connectivity index (χ1n) is 18.0. The van der Waals surface area contributed by atoms with Crippen LogP contribution in [0.2, 0.25) is 0 Å². The normalized spacial score (nSPS) is 11.1. The summed E-state index contributed by atoms with van der Waals surface area (Å²) in [4.78, 5) is 0. The monoisotopic (exact) mass is 541 g/mol. The number of hydrogen-bond donors (Lipinski definition) is 0. The maximum absolute atomic E-state index is 5.85. The van der Waals surface area contributed by atoms with Crippen LogP contribution in [-0.2, 0) is 9.47 Å². The molecule has 0 N–H and O–H groups in total. The van der Waals surface area contributed by atoms with Gasteiger partial charge in [0, 0.05) is 26.4 Å². The molecule has 0 amide bonds. The first-order valence-corrected chi connectivity index (χ1v) is 18.0. The van der Waals surface area contributed by atoms with Crippen molar-refractivity contribution in [1.82, 2.24) is 0 Å². The van der Waals surface area contributed by atoms with E-state index in [1.165, 1.54) is 180 Å². The molecule has 0 heterocycles. The van der Waals surface area contributed by atoms with Crippen molar-refractivity contribution in [3.63, 3.8) is 0 Å². The van der Waals surface area contributed by atoms with Crippen LogP contribution in [0.1, 0.15) is 207 Å². The molecule has 0 aromatic heterocycles. The first kappa shape index (κ1) is 40.1. The van der Waals surface area contributed by atoms with Gasteiger partial charge in [-0.3, -0.25) is 0 Å². The highest BCUT2D eigenvalue weighted by molar-refractivity contribution is 4.51. The zero-order valence-electron chi connectivity index (χ0n) is 27.4. The third-order valence-corrected chi connectivity index (χ3v) is 7.69. The summed E-state index contributed by atoms with van der Waals surface area (Å²) in [6, 6.07) is 0. The van der Waals surface area contributed by atoms with Crippen LogP contribution < -0.4 is 0 Å². The molecule has 0 spiro atoms. The Hall–Kier alpha value is -0.0800. The van der Waals surface area contributed by atoms with Crippen molar-refractivity contribution in [2.75, 3.05) is 26.4 Å². The van der Waals surface area contributed by atoms with E-state index in [9.17, 15) is 0 Å². The molecule has 0 radical (unpaired) electrons. The molecule has 0 atom stereocenters. The third kappa shape index (κ3) is 43.0. The summed E-state index contributed by atoms with van der Waals surface area (Å²) in [5, 5.41) is 0. The fourth-order valence-corrected chi connectivity index (χ4v) is 5.10. The molecule has 2 heteroatoms. The molecular weight excluding hydrogens is 464 g/mol. The van der Waals surface area contributed by atoms with E-state index in [1.807, 2.05) is 13.8 Å². The SMILES string of the molecule is CCCCCCCCCCCCCCCCOCCCCCCCCCCCCCCCC.CCOCC. The molecule has 232 valence electrons. The van der Waals surface area contributed by atoms with Crippen LogP contribution in [0.4, 0.5) is 0 Å². The van der Waals surface area contributed by atoms with Gasteiger partial charge < -0.3 is 9.47 Å². The molecule has 2 nitrogen and oxygen atoms in total. The smallest absolute Gasteiger partial charge is 0.0466 e.